The summed E-state index contributed by atoms with van der Waals surface area (Å²) in [6.45, 7) is -0.675. The van der Waals surface area contributed by atoms with Crippen LogP contribution in [-0.2, 0) is 9.09 Å². The van der Waals surface area contributed by atoms with Crippen LogP contribution in [0.3, 0.4) is 0 Å². The van der Waals surface area contributed by atoms with Gasteiger partial charge < -0.3 is 20.0 Å². The number of rotatable bonds is 5. The Labute approximate surface area is 85.2 Å². The largest absolute Gasteiger partial charge is 0.469 e. The predicted octanol–water partition coefficient (Wildman–Crippen LogP) is -1.70. The molecule has 3 unspecified atom stereocenters. The second-order valence-electron chi connectivity index (χ2n) is 2.90. The molecule has 0 bridgehead atoms. The fourth-order valence-electron chi connectivity index (χ4n) is 0.957. The van der Waals surface area contributed by atoms with Gasteiger partial charge in [-0.3, -0.25) is 9.52 Å². The molecule has 9 heteroatoms. The van der Waals surface area contributed by atoms with Gasteiger partial charge in [-0.2, -0.15) is 0 Å². The van der Waals surface area contributed by atoms with E-state index in [1.807, 2.05) is 0 Å². The van der Waals surface area contributed by atoms with E-state index in [1.54, 1.807) is 0 Å². The minimum absolute atomic E-state index is 0.675. The Balaban J connectivity index is 2.39. The van der Waals surface area contributed by atoms with Crippen LogP contribution in [0.2, 0.25) is 0 Å². The summed E-state index contributed by atoms with van der Waals surface area (Å²) < 4.78 is 14.3. The van der Waals surface area contributed by atoms with E-state index in [2.05, 4.69) is 14.5 Å². The molecule has 0 saturated carbocycles. The smallest absolute Gasteiger partial charge is 0.388 e. The lowest BCUT2D eigenvalue weighted by Crippen LogP contribution is -2.39. The molecular formula is C6H11N2O6P. The molecule has 0 radical (unpaired) electrons. The molecular weight excluding hydrogens is 227 g/mol. The molecule has 1 rings (SSSR count). The normalized spacial score (nSPS) is 24.4. The Bertz CT molecular complexity index is 301. The van der Waals surface area contributed by atoms with Crippen molar-refractivity contribution in [3.05, 3.63) is 0 Å². The van der Waals surface area contributed by atoms with Gasteiger partial charge in [-0.25, -0.2) is 9.56 Å². The number of nitrogens with zero attached hydrogens (tertiary/aromatic N) is 2. The van der Waals surface area contributed by atoms with Crippen LogP contribution >= 0.6 is 7.82 Å². The summed E-state index contributed by atoms with van der Waals surface area (Å²) in [4.78, 5) is 24.0. The Kier molecular flexibility index (Phi) is 4.09. The highest BCUT2D eigenvalue weighted by atomic mass is 31.2. The lowest BCUT2D eigenvalue weighted by molar-refractivity contribution is -0.0150. The second-order valence-corrected chi connectivity index (χ2v) is 4.14. The summed E-state index contributed by atoms with van der Waals surface area (Å²) in [7, 11) is -4.63. The van der Waals surface area contributed by atoms with Crippen LogP contribution in [-0.4, -0.2) is 57.4 Å². The summed E-state index contributed by atoms with van der Waals surface area (Å²) in [5, 5.41) is 18.7. The Hall–Kier alpha value is -0.630. The number of phosphoric acid groups is 1. The maximum Gasteiger partial charge on any atom is 0.469 e. The number of hydrogen-bond acceptors (Lipinski definition) is 6. The number of aliphatic hydroxyl groups is 2. The van der Waals surface area contributed by atoms with Crippen LogP contribution < -0.4 is 0 Å². The van der Waals surface area contributed by atoms with Crippen molar-refractivity contribution in [2.75, 3.05) is 6.61 Å². The van der Waals surface area contributed by atoms with Crippen LogP contribution in [0.4, 0.5) is 0 Å². The molecule has 0 saturated heterocycles. The highest BCUT2D eigenvalue weighted by molar-refractivity contribution is 7.46. The molecule has 1 heterocycles. The van der Waals surface area contributed by atoms with Crippen molar-refractivity contribution in [3.8, 4) is 0 Å². The van der Waals surface area contributed by atoms with Gasteiger partial charge in [0, 0.05) is 6.21 Å². The zero-order valence-electron chi connectivity index (χ0n) is 7.54. The van der Waals surface area contributed by atoms with Crippen molar-refractivity contribution in [3.63, 3.8) is 0 Å². The molecule has 0 aliphatic carbocycles. The second kappa shape index (κ2) is 4.93. The Morgan fingerprint density at radius 2 is 2.13 bits per heavy atom. The zero-order chi connectivity index (χ0) is 11.5. The van der Waals surface area contributed by atoms with Gasteiger partial charge in [0.05, 0.1) is 6.61 Å². The molecule has 0 spiro atoms. The summed E-state index contributed by atoms with van der Waals surface area (Å²) >= 11 is 0. The number of aliphatic imine (C=N–C) groups is 2. The molecule has 86 valence electrons. The maximum absolute atomic E-state index is 10.3. The molecule has 1 aliphatic rings. The number of phosphoric ester groups is 1. The van der Waals surface area contributed by atoms with E-state index in [0.717, 1.165) is 0 Å². The summed E-state index contributed by atoms with van der Waals surface area (Å²) in [5.74, 6) is 0. The standard InChI is InChI=1S/C6H11N2O6P/c9-5(2-14-15(11,12)13)6(10)4-1-7-3-8-4/h1,3-6,9-10H,2H2,(H2,11,12,13). The minimum Gasteiger partial charge on any atom is -0.388 e. The molecule has 8 nitrogen and oxygen atoms in total. The monoisotopic (exact) mass is 238 g/mol. The van der Waals surface area contributed by atoms with Gasteiger partial charge in [-0.15, -0.1) is 0 Å². The first-order chi connectivity index (χ1) is 6.90. The quantitative estimate of drug-likeness (QED) is 0.422. The van der Waals surface area contributed by atoms with Crippen molar-refractivity contribution in [1.29, 1.82) is 0 Å². The highest BCUT2D eigenvalue weighted by Crippen LogP contribution is 2.35. The van der Waals surface area contributed by atoms with E-state index in [0.29, 0.717) is 0 Å². The lowest BCUT2D eigenvalue weighted by atomic mass is 10.1. The first-order valence-corrected chi connectivity index (χ1v) is 5.54. The average Bonchev–Trinajstić information content (AvgIpc) is 2.64. The van der Waals surface area contributed by atoms with Gasteiger partial charge >= 0.3 is 7.82 Å². The van der Waals surface area contributed by atoms with E-state index in [-0.39, 0.29) is 0 Å². The maximum atomic E-state index is 10.3. The molecule has 1 aliphatic heterocycles. The fraction of sp³-hybridized carbons (Fsp3) is 0.667. The van der Waals surface area contributed by atoms with Crippen LogP contribution in [0.5, 0.6) is 0 Å². The highest BCUT2D eigenvalue weighted by Gasteiger charge is 2.28. The Morgan fingerprint density at radius 1 is 1.47 bits per heavy atom. The van der Waals surface area contributed by atoms with Crippen LogP contribution in [0, 0.1) is 0 Å². The lowest BCUT2D eigenvalue weighted by Gasteiger charge is -2.19. The predicted molar refractivity (Wildman–Crippen MR) is 50.8 cm³/mol. The van der Waals surface area contributed by atoms with Gasteiger partial charge in [0.2, 0.25) is 0 Å². The van der Waals surface area contributed by atoms with Crippen molar-refractivity contribution >= 4 is 20.4 Å². The van der Waals surface area contributed by atoms with E-state index in [9.17, 15) is 14.8 Å². The topological polar surface area (TPSA) is 132 Å². The van der Waals surface area contributed by atoms with Crippen LogP contribution in [0.15, 0.2) is 9.98 Å². The molecule has 0 aromatic heterocycles. The average molecular weight is 238 g/mol. The summed E-state index contributed by atoms with van der Waals surface area (Å²) in [5.41, 5.74) is 0. The van der Waals surface area contributed by atoms with E-state index < -0.39 is 32.7 Å². The zero-order valence-corrected chi connectivity index (χ0v) is 8.44. The van der Waals surface area contributed by atoms with Crippen molar-refractivity contribution in [2.45, 2.75) is 18.2 Å². The van der Waals surface area contributed by atoms with Gasteiger partial charge in [0.15, 0.2) is 0 Å². The number of hydrogen-bond donors (Lipinski definition) is 4. The number of aliphatic hydroxyl groups excluding tert-OH is 2. The molecule has 0 aromatic carbocycles. The van der Waals surface area contributed by atoms with Crippen molar-refractivity contribution in [1.82, 2.24) is 0 Å². The molecule has 0 aromatic rings. The first kappa shape index (κ1) is 12.4. The van der Waals surface area contributed by atoms with E-state index in [1.165, 1.54) is 12.6 Å². The SMILES string of the molecule is O=P(O)(O)OCC(O)C(O)C1C=NC=N1. The third-order valence-corrected chi connectivity index (χ3v) is 2.19. The molecule has 0 amide bonds. The fourth-order valence-corrected chi connectivity index (χ4v) is 1.30. The molecule has 15 heavy (non-hydrogen) atoms. The van der Waals surface area contributed by atoms with Crippen LogP contribution in [0.25, 0.3) is 0 Å². The summed E-state index contributed by atoms with van der Waals surface area (Å²) in [6, 6.07) is -0.708. The summed E-state index contributed by atoms with van der Waals surface area (Å²) in [6.07, 6.45) is -0.223. The third-order valence-electron chi connectivity index (χ3n) is 1.70. The Morgan fingerprint density at radius 3 is 2.60 bits per heavy atom. The third kappa shape index (κ3) is 4.17. The first-order valence-electron chi connectivity index (χ1n) is 4.01. The van der Waals surface area contributed by atoms with Crippen LogP contribution in [0.1, 0.15) is 0 Å². The molecule has 3 atom stereocenters. The van der Waals surface area contributed by atoms with Gasteiger partial charge in [-0.05, 0) is 0 Å². The molecule has 0 fully saturated rings. The minimum atomic E-state index is -4.63. The van der Waals surface area contributed by atoms with Gasteiger partial charge in [0.1, 0.15) is 24.6 Å². The molecule has 4 N–H and O–H groups in total. The van der Waals surface area contributed by atoms with E-state index >= 15 is 0 Å². The van der Waals surface area contributed by atoms with E-state index in [4.69, 9.17) is 9.79 Å². The van der Waals surface area contributed by atoms with Gasteiger partial charge in [-0.1, -0.05) is 0 Å². The van der Waals surface area contributed by atoms with Crippen molar-refractivity contribution in [2.24, 2.45) is 9.98 Å². The van der Waals surface area contributed by atoms with Gasteiger partial charge in [0.25, 0.3) is 0 Å². The van der Waals surface area contributed by atoms with Crippen molar-refractivity contribution < 1.29 is 29.1 Å².